The lowest BCUT2D eigenvalue weighted by Gasteiger charge is -2.35. The molecule has 0 bridgehead atoms. The van der Waals surface area contributed by atoms with Gasteiger partial charge in [0.25, 0.3) is 0 Å². The Morgan fingerprint density at radius 2 is 2.27 bits per heavy atom. The van der Waals surface area contributed by atoms with Crippen LogP contribution in [0.4, 0.5) is 5.82 Å². The average molecular weight is 205 g/mol. The molecule has 0 unspecified atom stereocenters. The van der Waals surface area contributed by atoms with Gasteiger partial charge in [0.1, 0.15) is 11.9 Å². The number of hydrogen-bond donors (Lipinski definition) is 1. The van der Waals surface area contributed by atoms with Crippen molar-refractivity contribution in [2.24, 2.45) is 0 Å². The Labute approximate surface area is 89.8 Å². The molecule has 0 aromatic carbocycles. The number of rotatable bonds is 3. The highest BCUT2D eigenvalue weighted by atomic mass is 16.3. The Morgan fingerprint density at radius 1 is 1.60 bits per heavy atom. The van der Waals surface area contributed by atoms with Gasteiger partial charge in [-0.05, 0) is 26.0 Å². The maximum absolute atomic E-state index is 9.24. The first kappa shape index (κ1) is 11.5. The van der Waals surface area contributed by atoms with Crippen molar-refractivity contribution >= 4 is 5.82 Å². The van der Waals surface area contributed by atoms with Crippen LogP contribution < -0.4 is 4.90 Å². The van der Waals surface area contributed by atoms with Crippen molar-refractivity contribution in [1.29, 1.82) is 5.26 Å². The van der Waals surface area contributed by atoms with Crippen molar-refractivity contribution in [1.82, 2.24) is 4.98 Å². The minimum absolute atomic E-state index is 0.00490. The van der Waals surface area contributed by atoms with E-state index in [9.17, 15) is 5.11 Å². The normalized spacial score (nSPS) is 10.9. The molecule has 15 heavy (non-hydrogen) atoms. The molecule has 0 saturated heterocycles. The van der Waals surface area contributed by atoms with E-state index in [0.29, 0.717) is 11.4 Å². The Kier molecular flexibility index (Phi) is 3.28. The third-order valence-corrected chi connectivity index (χ3v) is 2.52. The number of aliphatic hydroxyl groups is 1. The van der Waals surface area contributed by atoms with Crippen LogP contribution in [-0.4, -0.2) is 29.3 Å². The molecule has 1 N–H and O–H groups in total. The molecule has 1 aromatic heterocycles. The Hall–Kier alpha value is -1.60. The van der Waals surface area contributed by atoms with Gasteiger partial charge in [-0.3, -0.25) is 0 Å². The summed E-state index contributed by atoms with van der Waals surface area (Å²) in [5.41, 5.74) is 0.0847. The fourth-order valence-electron chi connectivity index (χ4n) is 1.14. The number of aliphatic hydroxyl groups excluding tert-OH is 1. The quantitative estimate of drug-likeness (QED) is 0.804. The first-order valence-corrected chi connectivity index (χ1v) is 4.72. The summed E-state index contributed by atoms with van der Waals surface area (Å²) < 4.78 is 0. The topological polar surface area (TPSA) is 60.2 Å². The number of hydrogen-bond acceptors (Lipinski definition) is 4. The smallest absolute Gasteiger partial charge is 0.146 e. The third-order valence-electron chi connectivity index (χ3n) is 2.52. The Balaban J connectivity index is 3.12. The predicted octanol–water partition coefficient (Wildman–Crippen LogP) is 1.16. The number of anilines is 1. The standard InChI is InChI=1S/C11H15N3O/c1-11(2,8-15)14(3)10-9(7-12)5-4-6-13-10/h4-6,15H,8H2,1-3H3. The molecule has 0 aliphatic heterocycles. The van der Waals surface area contributed by atoms with Crippen molar-refractivity contribution in [2.45, 2.75) is 19.4 Å². The summed E-state index contributed by atoms with van der Waals surface area (Å²) in [6.07, 6.45) is 1.64. The molecule has 0 amide bonds. The van der Waals surface area contributed by atoms with Gasteiger partial charge in [-0.1, -0.05) is 0 Å². The molecule has 1 rings (SSSR count). The fraction of sp³-hybridized carbons (Fsp3) is 0.455. The maximum Gasteiger partial charge on any atom is 0.146 e. The molecule has 0 atom stereocenters. The van der Waals surface area contributed by atoms with Crippen molar-refractivity contribution in [2.75, 3.05) is 18.6 Å². The van der Waals surface area contributed by atoms with Crippen LogP contribution in [0.25, 0.3) is 0 Å². The molecular formula is C11H15N3O. The van der Waals surface area contributed by atoms with Crippen molar-refractivity contribution in [3.63, 3.8) is 0 Å². The lowest BCUT2D eigenvalue weighted by molar-refractivity contribution is 0.215. The van der Waals surface area contributed by atoms with Crippen LogP contribution in [-0.2, 0) is 0 Å². The molecule has 80 valence electrons. The zero-order chi connectivity index (χ0) is 11.5. The van der Waals surface area contributed by atoms with Crippen LogP contribution in [0.2, 0.25) is 0 Å². The molecule has 4 nitrogen and oxygen atoms in total. The first-order valence-electron chi connectivity index (χ1n) is 4.72. The lowest BCUT2D eigenvalue weighted by atomic mass is 10.0. The molecule has 0 spiro atoms. The van der Waals surface area contributed by atoms with Crippen molar-refractivity contribution in [3.05, 3.63) is 23.9 Å². The Morgan fingerprint density at radius 3 is 2.80 bits per heavy atom. The largest absolute Gasteiger partial charge is 0.394 e. The summed E-state index contributed by atoms with van der Waals surface area (Å²) in [6, 6.07) is 5.53. The summed E-state index contributed by atoms with van der Waals surface area (Å²) in [7, 11) is 1.82. The van der Waals surface area contributed by atoms with Crippen LogP contribution in [0.3, 0.4) is 0 Å². The highest BCUT2D eigenvalue weighted by Gasteiger charge is 2.25. The van der Waals surface area contributed by atoms with E-state index < -0.39 is 5.54 Å². The monoisotopic (exact) mass is 205 g/mol. The molecule has 1 heterocycles. The minimum atomic E-state index is -0.431. The molecule has 0 saturated carbocycles. The number of aromatic nitrogens is 1. The SMILES string of the molecule is CN(c1ncccc1C#N)C(C)(C)CO. The van der Waals surface area contributed by atoms with Crippen LogP contribution in [0.15, 0.2) is 18.3 Å². The summed E-state index contributed by atoms with van der Waals surface area (Å²) in [4.78, 5) is 5.97. The van der Waals surface area contributed by atoms with Gasteiger partial charge in [-0.2, -0.15) is 5.26 Å². The fourth-order valence-corrected chi connectivity index (χ4v) is 1.14. The third kappa shape index (κ3) is 2.25. The number of nitrogens with zero attached hydrogens (tertiary/aromatic N) is 3. The van der Waals surface area contributed by atoms with Gasteiger partial charge in [0.15, 0.2) is 0 Å². The van der Waals surface area contributed by atoms with Gasteiger partial charge >= 0.3 is 0 Å². The average Bonchev–Trinajstić information content (AvgIpc) is 2.28. The van der Waals surface area contributed by atoms with E-state index >= 15 is 0 Å². The Bertz CT molecular complexity index is 382. The van der Waals surface area contributed by atoms with Gasteiger partial charge in [-0.25, -0.2) is 4.98 Å². The highest BCUT2D eigenvalue weighted by Crippen LogP contribution is 2.22. The minimum Gasteiger partial charge on any atom is -0.394 e. The van der Waals surface area contributed by atoms with Crippen molar-refractivity contribution < 1.29 is 5.11 Å². The van der Waals surface area contributed by atoms with E-state index in [4.69, 9.17) is 5.26 Å². The second kappa shape index (κ2) is 4.28. The van der Waals surface area contributed by atoms with Gasteiger partial charge in [0, 0.05) is 13.2 Å². The van der Waals surface area contributed by atoms with Crippen molar-refractivity contribution in [3.8, 4) is 6.07 Å². The number of pyridine rings is 1. The van der Waals surface area contributed by atoms with Crippen LogP contribution in [0.1, 0.15) is 19.4 Å². The molecule has 0 aliphatic carbocycles. The van der Waals surface area contributed by atoms with E-state index in [1.807, 2.05) is 25.8 Å². The first-order chi connectivity index (χ1) is 7.03. The van der Waals surface area contributed by atoms with Crippen LogP contribution in [0, 0.1) is 11.3 Å². The summed E-state index contributed by atoms with van der Waals surface area (Å²) in [5, 5.41) is 18.2. The zero-order valence-electron chi connectivity index (χ0n) is 9.23. The number of nitriles is 1. The van der Waals surface area contributed by atoms with Gasteiger partial charge in [0.2, 0.25) is 0 Å². The zero-order valence-corrected chi connectivity index (χ0v) is 9.23. The molecule has 0 radical (unpaired) electrons. The second-order valence-electron chi connectivity index (χ2n) is 4.02. The van der Waals surface area contributed by atoms with Gasteiger partial charge in [-0.15, -0.1) is 0 Å². The van der Waals surface area contributed by atoms with E-state index in [-0.39, 0.29) is 6.61 Å². The van der Waals surface area contributed by atoms with Crippen LogP contribution >= 0.6 is 0 Å². The van der Waals surface area contributed by atoms with Gasteiger partial charge in [0.05, 0.1) is 17.7 Å². The molecule has 0 fully saturated rings. The molecule has 0 aliphatic rings. The van der Waals surface area contributed by atoms with E-state index in [1.165, 1.54) is 0 Å². The highest BCUT2D eigenvalue weighted by molar-refractivity contribution is 5.54. The second-order valence-corrected chi connectivity index (χ2v) is 4.02. The van der Waals surface area contributed by atoms with Crippen LogP contribution in [0.5, 0.6) is 0 Å². The summed E-state index contributed by atoms with van der Waals surface area (Å²) in [5.74, 6) is 0.596. The molecule has 4 heteroatoms. The summed E-state index contributed by atoms with van der Waals surface area (Å²) in [6.45, 7) is 3.79. The molecule has 1 aromatic rings. The van der Waals surface area contributed by atoms with E-state index in [1.54, 1.807) is 18.3 Å². The van der Waals surface area contributed by atoms with E-state index in [0.717, 1.165) is 0 Å². The summed E-state index contributed by atoms with van der Waals surface area (Å²) >= 11 is 0. The van der Waals surface area contributed by atoms with Gasteiger partial charge < -0.3 is 10.0 Å². The predicted molar refractivity (Wildman–Crippen MR) is 58.5 cm³/mol. The maximum atomic E-state index is 9.24. The van der Waals surface area contributed by atoms with E-state index in [2.05, 4.69) is 11.1 Å². The number of likely N-dealkylation sites (N-methyl/N-ethyl adjacent to an activating group) is 1. The lowest BCUT2D eigenvalue weighted by Crippen LogP contribution is -2.45. The molecular weight excluding hydrogens is 190 g/mol.